The van der Waals surface area contributed by atoms with Gasteiger partial charge in [0.25, 0.3) is 0 Å². The number of carbonyl (C=O) groups excluding carboxylic acids is 1. The van der Waals surface area contributed by atoms with Gasteiger partial charge in [-0.15, -0.1) is 0 Å². The number of thiol groups is 1. The monoisotopic (exact) mass is 576 g/mol. The van der Waals surface area contributed by atoms with Gasteiger partial charge in [0.1, 0.15) is 29.9 Å². The summed E-state index contributed by atoms with van der Waals surface area (Å²) in [6, 6.07) is 0. The maximum atomic E-state index is 12.5. The molecule has 0 heterocycles. The number of nitrogens with one attached hydrogen (secondary N) is 1. The Morgan fingerprint density at radius 1 is 0.692 bits per heavy atom. The van der Waals surface area contributed by atoms with Gasteiger partial charge in [0.05, 0.1) is 39.9 Å². The summed E-state index contributed by atoms with van der Waals surface area (Å²) in [5.74, 6) is 0.817. The fraction of sp³-hybridized carbons (Fsp3) is 0.969. The lowest BCUT2D eigenvalue weighted by molar-refractivity contribution is -0.910. The van der Waals surface area contributed by atoms with E-state index >= 15 is 0 Å². The second-order valence-electron chi connectivity index (χ2n) is 12.1. The van der Waals surface area contributed by atoms with Crippen LogP contribution in [0.2, 0.25) is 0 Å². The summed E-state index contributed by atoms with van der Waals surface area (Å²) in [6.45, 7) is 9.93. The molecule has 0 aromatic carbocycles. The van der Waals surface area contributed by atoms with Crippen LogP contribution in [0.1, 0.15) is 143 Å². The van der Waals surface area contributed by atoms with Gasteiger partial charge in [-0.25, -0.2) is 0 Å². The highest BCUT2D eigenvalue weighted by Crippen LogP contribution is 2.14. The SMILES string of the molecule is CCCCCCCCCCCC(=O)NC(CO)(CO)CO[SH+]CCC[N+](C)(CCCCCC)CCCCCC. The minimum atomic E-state index is -1.10. The number of amides is 1. The quantitative estimate of drug-likeness (QED) is 0.0395. The summed E-state index contributed by atoms with van der Waals surface area (Å²) in [4.78, 5) is 12.5. The van der Waals surface area contributed by atoms with Crippen molar-refractivity contribution in [1.82, 2.24) is 5.32 Å². The average molecular weight is 577 g/mol. The zero-order chi connectivity index (χ0) is 29.1. The molecule has 0 aromatic heterocycles. The van der Waals surface area contributed by atoms with Crippen molar-refractivity contribution >= 4 is 17.9 Å². The predicted molar refractivity (Wildman–Crippen MR) is 170 cm³/mol. The lowest BCUT2D eigenvalue weighted by Gasteiger charge is -2.34. The fourth-order valence-electron chi connectivity index (χ4n) is 5.14. The van der Waals surface area contributed by atoms with Crippen molar-refractivity contribution in [2.45, 2.75) is 148 Å². The first kappa shape index (κ1) is 38.7. The van der Waals surface area contributed by atoms with Crippen molar-refractivity contribution in [2.75, 3.05) is 52.3 Å². The van der Waals surface area contributed by atoms with E-state index in [1.165, 1.54) is 109 Å². The molecule has 0 spiro atoms. The first-order valence-electron chi connectivity index (χ1n) is 16.6. The van der Waals surface area contributed by atoms with Crippen molar-refractivity contribution in [3.05, 3.63) is 0 Å². The van der Waals surface area contributed by atoms with Crippen LogP contribution in [-0.2, 0) is 21.0 Å². The molecule has 3 N–H and O–H groups in total. The normalized spacial score (nSPS) is 12.3. The smallest absolute Gasteiger partial charge is 0.220 e. The lowest BCUT2D eigenvalue weighted by Crippen LogP contribution is -2.57. The molecule has 1 amide bonds. The van der Waals surface area contributed by atoms with Crippen LogP contribution in [0, 0.1) is 0 Å². The average Bonchev–Trinajstić information content (AvgIpc) is 2.94. The van der Waals surface area contributed by atoms with Gasteiger partial charge in [0.2, 0.25) is 5.91 Å². The molecule has 0 aliphatic rings. The molecule has 0 saturated heterocycles. The summed E-state index contributed by atoms with van der Waals surface area (Å²) >= 11 is 0.854. The Morgan fingerprint density at radius 2 is 1.13 bits per heavy atom. The molecular formula is C32H68N2O4S+2. The van der Waals surface area contributed by atoms with Crippen molar-refractivity contribution in [2.24, 2.45) is 0 Å². The molecule has 39 heavy (non-hydrogen) atoms. The van der Waals surface area contributed by atoms with E-state index in [0.717, 1.165) is 48.1 Å². The second kappa shape index (κ2) is 26.6. The molecule has 0 aromatic rings. The Kier molecular flexibility index (Phi) is 26.3. The van der Waals surface area contributed by atoms with Crippen LogP contribution in [0.4, 0.5) is 0 Å². The highest BCUT2D eigenvalue weighted by molar-refractivity contribution is 7.73. The number of quaternary nitrogens is 1. The Hall–Kier alpha value is -0.340. The molecular weight excluding hydrogens is 508 g/mol. The third kappa shape index (κ3) is 22.0. The van der Waals surface area contributed by atoms with Crippen LogP contribution in [0.3, 0.4) is 0 Å². The minimum Gasteiger partial charge on any atom is -0.394 e. The van der Waals surface area contributed by atoms with Gasteiger partial charge >= 0.3 is 0 Å². The molecule has 0 atom stereocenters. The van der Waals surface area contributed by atoms with E-state index in [1.807, 2.05) is 0 Å². The number of hydrogen-bond acceptors (Lipinski definition) is 4. The fourth-order valence-corrected chi connectivity index (χ4v) is 5.88. The Morgan fingerprint density at radius 3 is 1.62 bits per heavy atom. The minimum absolute atomic E-state index is 0.111. The number of aliphatic hydroxyl groups is 2. The van der Waals surface area contributed by atoms with Crippen molar-refractivity contribution < 1.29 is 23.7 Å². The Bertz CT molecular complexity index is 534. The van der Waals surface area contributed by atoms with Gasteiger partial charge in [-0.1, -0.05) is 97.8 Å². The Labute approximate surface area is 247 Å². The molecule has 0 aliphatic heterocycles. The first-order chi connectivity index (χ1) is 18.9. The predicted octanol–water partition coefficient (Wildman–Crippen LogP) is 6.49. The number of aliphatic hydroxyl groups excluding tert-OH is 2. The van der Waals surface area contributed by atoms with Crippen LogP contribution in [0.25, 0.3) is 0 Å². The van der Waals surface area contributed by atoms with E-state index in [0.29, 0.717) is 6.42 Å². The van der Waals surface area contributed by atoms with Crippen molar-refractivity contribution in [3.8, 4) is 0 Å². The van der Waals surface area contributed by atoms with E-state index in [9.17, 15) is 15.0 Å². The molecule has 7 heteroatoms. The van der Waals surface area contributed by atoms with Gasteiger partial charge in [-0.05, 0) is 32.1 Å². The molecule has 0 rings (SSSR count). The largest absolute Gasteiger partial charge is 0.394 e. The molecule has 0 radical (unpaired) electrons. The molecule has 0 unspecified atom stereocenters. The van der Waals surface area contributed by atoms with Crippen LogP contribution >= 0.6 is 0 Å². The summed E-state index contributed by atoms with van der Waals surface area (Å²) in [6.07, 6.45) is 22.9. The van der Waals surface area contributed by atoms with E-state index < -0.39 is 5.54 Å². The highest BCUT2D eigenvalue weighted by atomic mass is 32.2. The zero-order valence-electron chi connectivity index (χ0n) is 26.5. The maximum Gasteiger partial charge on any atom is 0.220 e. The summed E-state index contributed by atoms with van der Waals surface area (Å²) in [7, 11) is 2.42. The topological polar surface area (TPSA) is 78.8 Å². The number of carbonyl (C=O) groups is 1. The third-order valence-corrected chi connectivity index (χ3v) is 8.81. The zero-order valence-corrected chi connectivity index (χ0v) is 27.4. The summed E-state index contributed by atoms with van der Waals surface area (Å²) < 4.78 is 7.00. The van der Waals surface area contributed by atoms with E-state index in [1.54, 1.807) is 0 Å². The number of hydrogen-bond donors (Lipinski definition) is 3. The maximum absolute atomic E-state index is 12.5. The van der Waals surface area contributed by atoms with Crippen LogP contribution in [0.5, 0.6) is 0 Å². The number of nitrogens with zero attached hydrogens (tertiary/aromatic N) is 1. The van der Waals surface area contributed by atoms with E-state index in [2.05, 4.69) is 33.1 Å². The number of unbranched alkanes of at least 4 members (excludes halogenated alkanes) is 14. The van der Waals surface area contributed by atoms with Gasteiger partial charge in [-0.2, -0.15) is 4.18 Å². The van der Waals surface area contributed by atoms with Gasteiger partial charge < -0.3 is 20.0 Å². The van der Waals surface area contributed by atoms with Crippen LogP contribution in [-0.4, -0.2) is 78.4 Å². The Balaban J connectivity index is 4.28. The molecule has 6 nitrogen and oxygen atoms in total. The van der Waals surface area contributed by atoms with Gasteiger partial charge in [0.15, 0.2) is 0 Å². The second-order valence-corrected chi connectivity index (χ2v) is 13.1. The lowest BCUT2D eigenvalue weighted by atomic mass is 10.0. The van der Waals surface area contributed by atoms with Crippen molar-refractivity contribution in [1.29, 1.82) is 0 Å². The molecule has 0 bridgehead atoms. The molecule has 0 aliphatic carbocycles. The van der Waals surface area contributed by atoms with Gasteiger partial charge in [-0.3, -0.25) is 4.79 Å². The first-order valence-corrected chi connectivity index (χ1v) is 17.6. The van der Waals surface area contributed by atoms with Crippen molar-refractivity contribution in [3.63, 3.8) is 0 Å². The standard InChI is InChI=1S/C32H66N2O4S/c1-5-8-11-14-15-16-17-18-19-23-31(37)33-32(28-35,29-36)30-38-39-27-22-26-34(4,24-20-12-9-6-2)25-21-13-10-7-3/h35-36H,5-30H2,1-4H3/p+2. The highest BCUT2D eigenvalue weighted by Gasteiger charge is 2.33. The van der Waals surface area contributed by atoms with Gasteiger partial charge in [0, 0.05) is 12.8 Å². The van der Waals surface area contributed by atoms with Crippen LogP contribution < -0.4 is 5.32 Å². The molecule has 0 fully saturated rings. The number of rotatable bonds is 30. The summed E-state index contributed by atoms with van der Waals surface area (Å²) in [5.41, 5.74) is -1.10. The third-order valence-electron chi connectivity index (χ3n) is 8.00. The molecule has 0 saturated carbocycles. The van der Waals surface area contributed by atoms with Crippen LogP contribution in [0.15, 0.2) is 0 Å². The van der Waals surface area contributed by atoms with E-state index in [4.69, 9.17) is 4.18 Å². The van der Waals surface area contributed by atoms with E-state index in [-0.39, 0.29) is 25.7 Å². The summed E-state index contributed by atoms with van der Waals surface area (Å²) in [5, 5.41) is 22.8. The molecule has 234 valence electrons.